The first kappa shape index (κ1) is 14.1. The van der Waals surface area contributed by atoms with Gasteiger partial charge in [0.25, 0.3) is 0 Å². The summed E-state index contributed by atoms with van der Waals surface area (Å²) in [5, 5.41) is 13.1. The Balaban J connectivity index is 2.26. The van der Waals surface area contributed by atoms with E-state index >= 15 is 0 Å². The highest BCUT2D eigenvalue weighted by Crippen LogP contribution is 2.25. The Hall–Kier alpha value is -2.30. The number of aromatic nitrogens is 2. The molecule has 0 bridgehead atoms. The molecule has 2 rings (SSSR count). The smallest absolute Gasteiger partial charge is 0.339 e. The molecular formula is C15H18N2O3. The predicted octanol–water partition coefficient (Wildman–Crippen LogP) is 2.62. The Morgan fingerprint density at radius 3 is 2.45 bits per heavy atom. The van der Waals surface area contributed by atoms with Crippen molar-refractivity contribution in [1.82, 2.24) is 9.78 Å². The second-order valence-corrected chi connectivity index (χ2v) is 4.95. The fraction of sp³-hybridized carbons (Fsp3) is 0.333. The molecule has 0 radical (unpaired) electrons. The highest BCUT2D eigenvalue weighted by atomic mass is 16.5. The first-order valence-corrected chi connectivity index (χ1v) is 6.35. The Morgan fingerprint density at radius 2 is 1.90 bits per heavy atom. The lowest BCUT2D eigenvalue weighted by Crippen LogP contribution is -2.09. The maximum Gasteiger partial charge on any atom is 0.339 e. The molecule has 106 valence electrons. The number of hydrogen-bond acceptors (Lipinski definition) is 3. The predicted molar refractivity (Wildman–Crippen MR) is 75.2 cm³/mol. The van der Waals surface area contributed by atoms with Crippen molar-refractivity contribution in [2.75, 3.05) is 0 Å². The van der Waals surface area contributed by atoms with Crippen LogP contribution in [0.4, 0.5) is 0 Å². The quantitative estimate of drug-likeness (QED) is 0.930. The Kier molecular flexibility index (Phi) is 3.79. The van der Waals surface area contributed by atoms with E-state index in [1.54, 1.807) is 7.05 Å². The van der Waals surface area contributed by atoms with Crippen molar-refractivity contribution in [1.29, 1.82) is 0 Å². The molecule has 0 unspecified atom stereocenters. The summed E-state index contributed by atoms with van der Waals surface area (Å²) >= 11 is 0. The van der Waals surface area contributed by atoms with E-state index in [0.717, 1.165) is 16.9 Å². The van der Waals surface area contributed by atoms with Crippen LogP contribution >= 0.6 is 0 Å². The van der Waals surface area contributed by atoms with Crippen LogP contribution in [0.25, 0.3) is 0 Å². The van der Waals surface area contributed by atoms with Crippen molar-refractivity contribution < 1.29 is 14.6 Å². The van der Waals surface area contributed by atoms with E-state index in [1.807, 2.05) is 32.9 Å². The molecule has 0 atom stereocenters. The van der Waals surface area contributed by atoms with Crippen LogP contribution in [0.3, 0.4) is 0 Å². The lowest BCUT2D eigenvalue weighted by Gasteiger charge is -2.13. The number of nitrogens with zero attached hydrogens (tertiary/aromatic N) is 2. The number of rotatable bonds is 4. The third kappa shape index (κ3) is 2.66. The summed E-state index contributed by atoms with van der Waals surface area (Å²) in [6.07, 6.45) is 1.34. The van der Waals surface area contributed by atoms with Crippen LogP contribution in [-0.2, 0) is 13.7 Å². The van der Waals surface area contributed by atoms with Gasteiger partial charge in [-0.1, -0.05) is 17.7 Å². The maximum absolute atomic E-state index is 11.1. The van der Waals surface area contributed by atoms with E-state index < -0.39 is 5.97 Å². The van der Waals surface area contributed by atoms with Gasteiger partial charge in [-0.15, -0.1) is 0 Å². The van der Waals surface area contributed by atoms with Crippen molar-refractivity contribution in [3.8, 4) is 5.75 Å². The highest BCUT2D eigenvalue weighted by Gasteiger charge is 2.16. The lowest BCUT2D eigenvalue weighted by atomic mass is 10.1. The van der Waals surface area contributed by atoms with E-state index in [9.17, 15) is 4.79 Å². The summed E-state index contributed by atoms with van der Waals surface area (Å²) in [6, 6.07) is 4.09. The topological polar surface area (TPSA) is 64.3 Å². The van der Waals surface area contributed by atoms with Gasteiger partial charge in [0.1, 0.15) is 17.9 Å². The SMILES string of the molecule is Cc1cc(C)c(OCc2c(C(=O)O)cnn2C)c(C)c1. The molecule has 0 aliphatic heterocycles. The van der Waals surface area contributed by atoms with Crippen LogP contribution in [0.1, 0.15) is 32.7 Å². The molecule has 1 aromatic heterocycles. The van der Waals surface area contributed by atoms with Gasteiger partial charge in [-0.2, -0.15) is 5.10 Å². The molecule has 0 aliphatic carbocycles. The van der Waals surface area contributed by atoms with E-state index in [0.29, 0.717) is 5.69 Å². The molecule has 0 spiro atoms. The van der Waals surface area contributed by atoms with Gasteiger partial charge in [-0.05, 0) is 31.9 Å². The summed E-state index contributed by atoms with van der Waals surface area (Å²) < 4.78 is 7.34. The standard InChI is InChI=1S/C15H18N2O3/c1-9-5-10(2)14(11(3)6-9)20-8-13-12(15(18)19)7-16-17(13)4/h5-7H,8H2,1-4H3,(H,18,19). The number of ether oxygens (including phenoxy) is 1. The van der Waals surface area contributed by atoms with Gasteiger partial charge in [0, 0.05) is 7.05 Å². The molecule has 2 aromatic rings. The molecule has 1 aromatic carbocycles. The maximum atomic E-state index is 11.1. The number of carbonyl (C=O) groups is 1. The van der Waals surface area contributed by atoms with Crippen molar-refractivity contribution in [3.05, 3.63) is 46.3 Å². The van der Waals surface area contributed by atoms with Crippen molar-refractivity contribution in [2.24, 2.45) is 7.05 Å². The van der Waals surface area contributed by atoms with Crippen molar-refractivity contribution in [2.45, 2.75) is 27.4 Å². The molecule has 20 heavy (non-hydrogen) atoms. The van der Waals surface area contributed by atoms with Gasteiger partial charge in [0.15, 0.2) is 0 Å². The number of carboxylic acids is 1. The minimum Gasteiger partial charge on any atom is -0.487 e. The first-order valence-electron chi connectivity index (χ1n) is 6.35. The number of carboxylic acid groups (broad SMARTS) is 1. The molecule has 0 saturated carbocycles. The zero-order valence-corrected chi connectivity index (χ0v) is 12.1. The lowest BCUT2D eigenvalue weighted by molar-refractivity contribution is 0.0693. The van der Waals surface area contributed by atoms with E-state index in [2.05, 4.69) is 5.10 Å². The monoisotopic (exact) mass is 274 g/mol. The van der Waals surface area contributed by atoms with Gasteiger partial charge >= 0.3 is 5.97 Å². The molecule has 0 amide bonds. The van der Waals surface area contributed by atoms with E-state index in [4.69, 9.17) is 9.84 Å². The van der Waals surface area contributed by atoms with Gasteiger partial charge in [-0.25, -0.2) is 4.79 Å². The van der Waals surface area contributed by atoms with Crippen LogP contribution in [0, 0.1) is 20.8 Å². The molecule has 0 fully saturated rings. The summed E-state index contributed by atoms with van der Waals surface area (Å²) in [5.41, 5.74) is 3.99. The summed E-state index contributed by atoms with van der Waals surface area (Å²) in [5.74, 6) is -0.192. The number of aromatic carboxylic acids is 1. The minimum absolute atomic E-state index is 0.176. The fourth-order valence-corrected chi connectivity index (χ4v) is 2.35. The zero-order valence-electron chi connectivity index (χ0n) is 12.1. The Morgan fingerprint density at radius 1 is 1.30 bits per heavy atom. The van der Waals surface area contributed by atoms with Crippen LogP contribution in [0.2, 0.25) is 0 Å². The van der Waals surface area contributed by atoms with Crippen LogP contribution in [0.5, 0.6) is 5.75 Å². The van der Waals surface area contributed by atoms with Crippen LogP contribution in [0.15, 0.2) is 18.3 Å². The Labute approximate surface area is 117 Å². The van der Waals surface area contributed by atoms with Gasteiger partial charge in [-0.3, -0.25) is 4.68 Å². The van der Waals surface area contributed by atoms with Gasteiger partial charge < -0.3 is 9.84 Å². The molecule has 0 saturated heterocycles. The molecule has 1 heterocycles. The van der Waals surface area contributed by atoms with E-state index in [1.165, 1.54) is 16.4 Å². The minimum atomic E-state index is -0.992. The summed E-state index contributed by atoms with van der Waals surface area (Å²) in [6.45, 7) is 6.18. The Bertz CT molecular complexity index is 636. The molecule has 0 aliphatic rings. The number of hydrogen-bond donors (Lipinski definition) is 1. The average Bonchev–Trinajstić information content (AvgIpc) is 2.69. The molecule has 5 heteroatoms. The third-order valence-electron chi connectivity index (χ3n) is 3.25. The highest BCUT2D eigenvalue weighted by molar-refractivity contribution is 5.88. The van der Waals surface area contributed by atoms with Crippen molar-refractivity contribution in [3.63, 3.8) is 0 Å². The molecule has 1 N–H and O–H groups in total. The van der Waals surface area contributed by atoms with Gasteiger partial charge in [0.05, 0.1) is 11.9 Å². The van der Waals surface area contributed by atoms with Crippen molar-refractivity contribution >= 4 is 5.97 Å². The van der Waals surface area contributed by atoms with Gasteiger partial charge in [0.2, 0.25) is 0 Å². The molecule has 5 nitrogen and oxygen atoms in total. The summed E-state index contributed by atoms with van der Waals surface area (Å²) in [4.78, 5) is 11.1. The number of aryl methyl sites for hydroxylation is 4. The first-order chi connectivity index (χ1) is 9.40. The average molecular weight is 274 g/mol. The second kappa shape index (κ2) is 5.36. The fourth-order valence-electron chi connectivity index (χ4n) is 2.35. The zero-order chi connectivity index (χ0) is 14.9. The third-order valence-corrected chi connectivity index (χ3v) is 3.25. The van der Waals surface area contributed by atoms with Crippen LogP contribution in [-0.4, -0.2) is 20.9 Å². The van der Waals surface area contributed by atoms with Crippen LogP contribution < -0.4 is 4.74 Å². The summed E-state index contributed by atoms with van der Waals surface area (Å²) in [7, 11) is 1.71. The second-order valence-electron chi connectivity index (χ2n) is 4.95. The normalized spacial score (nSPS) is 10.6. The number of benzene rings is 1. The molecular weight excluding hydrogens is 256 g/mol. The van der Waals surface area contributed by atoms with E-state index in [-0.39, 0.29) is 12.2 Å². The largest absolute Gasteiger partial charge is 0.487 e.